The summed E-state index contributed by atoms with van der Waals surface area (Å²) in [5, 5.41) is 4.51. The number of aromatic nitrogens is 2. The van der Waals surface area contributed by atoms with Crippen molar-refractivity contribution in [3.05, 3.63) is 17.5 Å². The van der Waals surface area contributed by atoms with Gasteiger partial charge in [0.25, 0.3) is 0 Å². The summed E-state index contributed by atoms with van der Waals surface area (Å²) in [5.74, 6) is 0.312. The first-order valence-electron chi connectivity index (χ1n) is 8.24. The third-order valence-corrected chi connectivity index (χ3v) is 4.56. The maximum atomic E-state index is 11.7. The molecule has 1 aromatic rings. The van der Waals surface area contributed by atoms with Gasteiger partial charge in [0.2, 0.25) is 5.91 Å². The number of carbonyl (C=O) groups is 1. The van der Waals surface area contributed by atoms with Crippen LogP contribution in [0.5, 0.6) is 0 Å². The summed E-state index contributed by atoms with van der Waals surface area (Å²) in [6.45, 7) is 10.3. The number of hydrogen-bond donors (Lipinski definition) is 0. The minimum Gasteiger partial charge on any atom is -0.374 e. The topological polar surface area (TPSA) is 50.6 Å². The van der Waals surface area contributed by atoms with Crippen LogP contribution in [0.15, 0.2) is 6.07 Å². The van der Waals surface area contributed by atoms with Crippen LogP contribution in [0.4, 0.5) is 0 Å². The summed E-state index contributed by atoms with van der Waals surface area (Å²) in [6.07, 6.45) is 1.92. The van der Waals surface area contributed by atoms with Gasteiger partial charge in [-0.1, -0.05) is 0 Å². The highest BCUT2D eigenvalue weighted by Gasteiger charge is 2.24. The van der Waals surface area contributed by atoms with Crippen LogP contribution < -0.4 is 0 Å². The van der Waals surface area contributed by atoms with Crippen LogP contribution in [-0.4, -0.2) is 70.9 Å². The number of ether oxygens (including phenoxy) is 1. The highest BCUT2D eigenvalue weighted by atomic mass is 16.5. The predicted molar refractivity (Wildman–Crippen MR) is 83.7 cm³/mol. The Morgan fingerprint density at radius 3 is 2.86 bits per heavy atom. The molecule has 0 N–H and O–H groups in total. The molecule has 0 aromatic carbocycles. The van der Waals surface area contributed by atoms with E-state index in [1.807, 2.05) is 16.5 Å². The van der Waals surface area contributed by atoms with Gasteiger partial charge in [-0.25, -0.2) is 0 Å². The first-order chi connectivity index (χ1) is 10.6. The average molecular weight is 306 g/mol. The first kappa shape index (κ1) is 15.5. The van der Waals surface area contributed by atoms with Crippen LogP contribution in [0, 0.1) is 13.8 Å². The molecule has 3 heterocycles. The van der Waals surface area contributed by atoms with Gasteiger partial charge in [-0.15, -0.1) is 0 Å². The van der Waals surface area contributed by atoms with Gasteiger partial charge in [-0.3, -0.25) is 14.4 Å². The standard InChI is InChI=1S/C16H26N4O2/c1-13-10-14(2)20(17-13)12-15-11-18(8-9-22-15)6-7-19-5-3-4-16(19)21/h10,15H,3-9,11-12H2,1-2H3. The van der Waals surface area contributed by atoms with Crippen molar-refractivity contribution in [1.29, 1.82) is 0 Å². The zero-order valence-electron chi connectivity index (χ0n) is 13.6. The molecule has 1 unspecified atom stereocenters. The molecule has 122 valence electrons. The van der Waals surface area contributed by atoms with Crippen molar-refractivity contribution in [1.82, 2.24) is 19.6 Å². The van der Waals surface area contributed by atoms with Gasteiger partial charge in [0.15, 0.2) is 0 Å². The van der Waals surface area contributed by atoms with Gasteiger partial charge < -0.3 is 9.64 Å². The van der Waals surface area contributed by atoms with Crippen molar-refractivity contribution in [2.45, 2.75) is 39.3 Å². The van der Waals surface area contributed by atoms with Crippen LogP contribution in [-0.2, 0) is 16.1 Å². The van der Waals surface area contributed by atoms with Gasteiger partial charge in [-0.05, 0) is 26.3 Å². The molecule has 0 bridgehead atoms. The van der Waals surface area contributed by atoms with Crippen LogP contribution in [0.3, 0.4) is 0 Å². The molecule has 0 aliphatic carbocycles. The summed E-state index contributed by atoms with van der Waals surface area (Å²) in [5.41, 5.74) is 2.23. The lowest BCUT2D eigenvalue weighted by atomic mass is 10.2. The number of nitrogens with zero attached hydrogens (tertiary/aromatic N) is 4. The molecule has 1 amide bonds. The van der Waals surface area contributed by atoms with E-state index in [1.54, 1.807) is 0 Å². The molecule has 3 rings (SSSR count). The second-order valence-corrected chi connectivity index (χ2v) is 6.39. The Kier molecular flexibility index (Phi) is 4.78. The van der Waals surface area contributed by atoms with Gasteiger partial charge in [-0.2, -0.15) is 5.10 Å². The maximum Gasteiger partial charge on any atom is 0.222 e. The van der Waals surface area contributed by atoms with E-state index in [0.717, 1.165) is 64.4 Å². The number of rotatable bonds is 5. The lowest BCUT2D eigenvalue weighted by molar-refractivity contribution is -0.128. The van der Waals surface area contributed by atoms with Crippen molar-refractivity contribution < 1.29 is 9.53 Å². The van der Waals surface area contributed by atoms with Crippen LogP contribution >= 0.6 is 0 Å². The highest BCUT2D eigenvalue weighted by Crippen LogP contribution is 2.12. The Morgan fingerprint density at radius 2 is 2.18 bits per heavy atom. The van der Waals surface area contributed by atoms with E-state index in [9.17, 15) is 4.79 Å². The van der Waals surface area contributed by atoms with E-state index in [0.29, 0.717) is 5.91 Å². The lowest BCUT2D eigenvalue weighted by Gasteiger charge is -2.34. The molecule has 2 saturated heterocycles. The molecule has 6 heteroatoms. The zero-order chi connectivity index (χ0) is 15.5. The Hall–Kier alpha value is -1.40. The largest absolute Gasteiger partial charge is 0.374 e. The quantitative estimate of drug-likeness (QED) is 0.808. The Balaban J connectivity index is 1.48. The Morgan fingerprint density at radius 1 is 1.32 bits per heavy atom. The number of amides is 1. The summed E-state index contributed by atoms with van der Waals surface area (Å²) >= 11 is 0. The molecular weight excluding hydrogens is 280 g/mol. The van der Waals surface area contributed by atoms with Crippen molar-refractivity contribution in [3.8, 4) is 0 Å². The molecule has 22 heavy (non-hydrogen) atoms. The molecular formula is C16H26N4O2. The molecule has 0 spiro atoms. The molecule has 1 aromatic heterocycles. The predicted octanol–water partition coefficient (Wildman–Crippen LogP) is 0.823. The number of morpholine rings is 1. The van der Waals surface area contributed by atoms with E-state index in [-0.39, 0.29) is 6.10 Å². The van der Waals surface area contributed by atoms with E-state index in [4.69, 9.17) is 4.74 Å². The molecule has 2 fully saturated rings. The molecule has 0 radical (unpaired) electrons. The fraction of sp³-hybridized carbons (Fsp3) is 0.750. The monoisotopic (exact) mass is 306 g/mol. The summed E-state index contributed by atoms with van der Waals surface area (Å²) in [7, 11) is 0. The number of aryl methyl sites for hydroxylation is 2. The second-order valence-electron chi connectivity index (χ2n) is 6.39. The van der Waals surface area contributed by atoms with Crippen LogP contribution in [0.2, 0.25) is 0 Å². The fourth-order valence-electron chi connectivity index (χ4n) is 3.35. The van der Waals surface area contributed by atoms with E-state index in [2.05, 4.69) is 23.0 Å². The Bertz CT molecular complexity index is 528. The third-order valence-electron chi connectivity index (χ3n) is 4.56. The van der Waals surface area contributed by atoms with Gasteiger partial charge in [0.05, 0.1) is 24.9 Å². The third kappa shape index (κ3) is 3.67. The first-order valence-corrected chi connectivity index (χ1v) is 8.24. The van der Waals surface area contributed by atoms with Gasteiger partial charge >= 0.3 is 0 Å². The molecule has 1 atom stereocenters. The lowest BCUT2D eigenvalue weighted by Crippen LogP contribution is -2.47. The van der Waals surface area contributed by atoms with E-state index >= 15 is 0 Å². The van der Waals surface area contributed by atoms with Crippen LogP contribution in [0.25, 0.3) is 0 Å². The second kappa shape index (κ2) is 6.79. The molecule has 0 saturated carbocycles. The number of hydrogen-bond acceptors (Lipinski definition) is 4. The van der Waals surface area contributed by atoms with Crippen molar-refractivity contribution >= 4 is 5.91 Å². The van der Waals surface area contributed by atoms with E-state index < -0.39 is 0 Å². The SMILES string of the molecule is Cc1cc(C)n(CC2CN(CCN3CCCC3=O)CCO2)n1. The Labute approximate surface area is 132 Å². The maximum absolute atomic E-state index is 11.7. The number of carbonyl (C=O) groups excluding carboxylic acids is 1. The van der Waals surface area contributed by atoms with Gasteiger partial charge in [0, 0.05) is 44.8 Å². The van der Waals surface area contributed by atoms with E-state index in [1.165, 1.54) is 5.69 Å². The summed E-state index contributed by atoms with van der Waals surface area (Å²) < 4.78 is 7.92. The number of likely N-dealkylation sites (tertiary alicyclic amines) is 1. The van der Waals surface area contributed by atoms with Crippen molar-refractivity contribution in [2.24, 2.45) is 0 Å². The van der Waals surface area contributed by atoms with Crippen LogP contribution in [0.1, 0.15) is 24.2 Å². The molecule has 6 nitrogen and oxygen atoms in total. The minimum absolute atomic E-state index is 0.182. The zero-order valence-corrected chi connectivity index (χ0v) is 13.6. The molecule has 2 aliphatic heterocycles. The molecule has 2 aliphatic rings. The van der Waals surface area contributed by atoms with Crippen molar-refractivity contribution in [2.75, 3.05) is 39.3 Å². The van der Waals surface area contributed by atoms with Crippen molar-refractivity contribution in [3.63, 3.8) is 0 Å². The fourth-order valence-corrected chi connectivity index (χ4v) is 3.35. The minimum atomic E-state index is 0.182. The summed E-state index contributed by atoms with van der Waals surface area (Å²) in [6, 6.07) is 2.10. The average Bonchev–Trinajstić information content (AvgIpc) is 3.03. The van der Waals surface area contributed by atoms with Gasteiger partial charge in [0.1, 0.15) is 0 Å². The smallest absolute Gasteiger partial charge is 0.222 e. The normalized spacial score (nSPS) is 23.5. The highest BCUT2D eigenvalue weighted by molar-refractivity contribution is 5.78. The summed E-state index contributed by atoms with van der Waals surface area (Å²) in [4.78, 5) is 16.1.